The van der Waals surface area contributed by atoms with Crippen LogP contribution in [0, 0.1) is 13.8 Å². The van der Waals surface area contributed by atoms with E-state index in [0.29, 0.717) is 11.3 Å². The molecule has 0 saturated carbocycles. The van der Waals surface area contributed by atoms with Crippen molar-refractivity contribution < 1.29 is 13.2 Å². The Kier molecular flexibility index (Phi) is 4.79. The molecule has 3 aromatic rings. The molecular formula is C20H21NO3S. The normalized spacial score (nSPS) is 11.6. The van der Waals surface area contributed by atoms with Crippen molar-refractivity contribution in [3.8, 4) is 5.75 Å². The molecule has 0 unspecified atom stereocenters. The standard InChI is InChI=1S/C20H21NO3S/c1-14-15(2)20(11-10-19(14)24-3)25(22,23)21-13-16-8-9-17-6-4-5-7-18(17)12-16/h4-12,21H,13H2,1-3H3. The van der Waals surface area contributed by atoms with E-state index >= 15 is 0 Å². The lowest BCUT2D eigenvalue weighted by molar-refractivity contribution is 0.410. The zero-order chi connectivity index (χ0) is 18.0. The lowest BCUT2D eigenvalue weighted by atomic mass is 10.1. The maximum atomic E-state index is 12.7. The van der Waals surface area contributed by atoms with Gasteiger partial charge in [0.1, 0.15) is 5.75 Å². The molecule has 0 aliphatic rings. The monoisotopic (exact) mass is 355 g/mol. The van der Waals surface area contributed by atoms with Crippen LogP contribution in [-0.2, 0) is 16.6 Å². The van der Waals surface area contributed by atoms with Crippen LogP contribution in [0.25, 0.3) is 10.8 Å². The third kappa shape index (κ3) is 3.52. The molecule has 0 aliphatic carbocycles. The Morgan fingerprint density at radius 1 is 0.920 bits per heavy atom. The van der Waals surface area contributed by atoms with Gasteiger partial charge in [-0.15, -0.1) is 0 Å². The van der Waals surface area contributed by atoms with E-state index in [4.69, 9.17) is 4.74 Å². The van der Waals surface area contributed by atoms with Gasteiger partial charge in [0.05, 0.1) is 12.0 Å². The van der Waals surface area contributed by atoms with Crippen molar-refractivity contribution in [2.24, 2.45) is 0 Å². The first-order chi connectivity index (χ1) is 11.9. The van der Waals surface area contributed by atoms with Crippen molar-refractivity contribution in [1.29, 1.82) is 0 Å². The summed E-state index contributed by atoms with van der Waals surface area (Å²) in [5.41, 5.74) is 2.45. The maximum Gasteiger partial charge on any atom is 0.241 e. The van der Waals surface area contributed by atoms with Gasteiger partial charge >= 0.3 is 0 Å². The summed E-state index contributed by atoms with van der Waals surface area (Å²) in [7, 11) is -2.02. The molecule has 130 valence electrons. The molecule has 0 spiro atoms. The summed E-state index contributed by atoms with van der Waals surface area (Å²) in [5.74, 6) is 0.686. The first-order valence-electron chi connectivity index (χ1n) is 8.04. The molecule has 0 amide bonds. The van der Waals surface area contributed by atoms with Gasteiger partial charge in [-0.1, -0.05) is 36.4 Å². The minimum Gasteiger partial charge on any atom is -0.496 e. The van der Waals surface area contributed by atoms with Crippen molar-refractivity contribution >= 4 is 20.8 Å². The highest BCUT2D eigenvalue weighted by atomic mass is 32.2. The average Bonchev–Trinajstić information content (AvgIpc) is 2.62. The van der Waals surface area contributed by atoms with E-state index in [-0.39, 0.29) is 11.4 Å². The van der Waals surface area contributed by atoms with Crippen LogP contribution in [0.2, 0.25) is 0 Å². The second-order valence-corrected chi connectivity index (χ2v) is 7.76. The molecule has 0 radical (unpaired) electrons. The maximum absolute atomic E-state index is 12.7. The number of ether oxygens (including phenoxy) is 1. The molecule has 4 nitrogen and oxygen atoms in total. The quantitative estimate of drug-likeness (QED) is 0.754. The van der Waals surface area contributed by atoms with Gasteiger partial charge in [-0.3, -0.25) is 0 Å². The van der Waals surface area contributed by atoms with E-state index in [0.717, 1.165) is 21.9 Å². The van der Waals surface area contributed by atoms with Crippen molar-refractivity contribution in [3.05, 3.63) is 71.3 Å². The van der Waals surface area contributed by atoms with Gasteiger partial charge in [0, 0.05) is 6.54 Å². The molecule has 0 atom stereocenters. The van der Waals surface area contributed by atoms with Gasteiger partial charge in [-0.25, -0.2) is 13.1 Å². The largest absolute Gasteiger partial charge is 0.496 e. The van der Waals surface area contributed by atoms with Crippen LogP contribution in [0.5, 0.6) is 5.75 Å². The Bertz CT molecular complexity index is 1030. The number of rotatable bonds is 5. The van der Waals surface area contributed by atoms with E-state index in [9.17, 15) is 8.42 Å². The van der Waals surface area contributed by atoms with E-state index in [1.54, 1.807) is 26.2 Å². The first-order valence-corrected chi connectivity index (χ1v) is 9.52. The Morgan fingerprint density at radius 2 is 1.64 bits per heavy atom. The molecule has 0 aliphatic heterocycles. The average molecular weight is 355 g/mol. The fourth-order valence-corrected chi connectivity index (χ4v) is 4.20. The fourth-order valence-electron chi connectivity index (χ4n) is 2.89. The summed E-state index contributed by atoms with van der Waals surface area (Å²) >= 11 is 0. The van der Waals surface area contributed by atoms with E-state index in [1.807, 2.05) is 49.4 Å². The summed E-state index contributed by atoms with van der Waals surface area (Å²) in [6.45, 7) is 3.90. The molecule has 0 bridgehead atoms. The zero-order valence-corrected chi connectivity index (χ0v) is 15.4. The molecule has 0 saturated heterocycles. The highest BCUT2D eigenvalue weighted by Crippen LogP contribution is 2.27. The van der Waals surface area contributed by atoms with Crippen LogP contribution in [0.1, 0.15) is 16.7 Å². The van der Waals surface area contributed by atoms with Gasteiger partial charge in [0.25, 0.3) is 0 Å². The van der Waals surface area contributed by atoms with Crippen LogP contribution in [0.4, 0.5) is 0 Å². The molecule has 5 heteroatoms. The fraction of sp³-hybridized carbons (Fsp3) is 0.200. The van der Waals surface area contributed by atoms with Gasteiger partial charge in [-0.2, -0.15) is 0 Å². The number of nitrogens with one attached hydrogen (secondary N) is 1. The van der Waals surface area contributed by atoms with E-state index in [2.05, 4.69) is 4.72 Å². The Labute approximate surface area is 148 Å². The van der Waals surface area contributed by atoms with Crippen LogP contribution in [0.15, 0.2) is 59.5 Å². The lowest BCUT2D eigenvalue weighted by Gasteiger charge is -2.14. The van der Waals surface area contributed by atoms with E-state index in [1.165, 1.54) is 0 Å². The first kappa shape index (κ1) is 17.5. The molecule has 0 aromatic heterocycles. The van der Waals surface area contributed by atoms with E-state index < -0.39 is 10.0 Å². The molecular weight excluding hydrogens is 334 g/mol. The van der Waals surface area contributed by atoms with Gasteiger partial charge in [0.15, 0.2) is 0 Å². The van der Waals surface area contributed by atoms with Crippen molar-refractivity contribution in [2.45, 2.75) is 25.3 Å². The number of fused-ring (bicyclic) bond motifs is 1. The Balaban J connectivity index is 1.85. The third-order valence-electron chi connectivity index (χ3n) is 4.48. The van der Waals surface area contributed by atoms with Crippen molar-refractivity contribution in [2.75, 3.05) is 7.11 Å². The highest BCUT2D eigenvalue weighted by molar-refractivity contribution is 7.89. The summed E-state index contributed by atoms with van der Waals surface area (Å²) in [6.07, 6.45) is 0. The minimum atomic E-state index is -3.60. The second kappa shape index (κ2) is 6.86. The van der Waals surface area contributed by atoms with Crippen LogP contribution in [-0.4, -0.2) is 15.5 Å². The topological polar surface area (TPSA) is 55.4 Å². The number of hydrogen-bond acceptors (Lipinski definition) is 3. The van der Waals surface area contributed by atoms with Gasteiger partial charge in [0.2, 0.25) is 10.0 Å². The van der Waals surface area contributed by atoms with Gasteiger partial charge in [-0.05, 0) is 59.5 Å². The Morgan fingerprint density at radius 3 is 2.36 bits per heavy atom. The molecule has 1 N–H and O–H groups in total. The lowest BCUT2D eigenvalue weighted by Crippen LogP contribution is -2.24. The molecule has 0 heterocycles. The predicted octanol–water partition coefficient (Wildman–Crippen LogP) is 3.94. The molecule has 3 rings (SSSR count). The smallest absolute Gasteiger partial charge is 0.241 e. The second-order valence-electron chi connectivity index (χ2n) is 6.02. The highest BCUT2D eigenvalue weighted by Gasteiger charge is 2.19. The third-order valence-corrected chi connectivity index (χ3v) is 6.02. The number of hydrogen-bond donors (Lipinski definition) is 1. The van der Waals surface area contributed by atoms with Crippen LogP contribution < -0.4 is 9.46 Å². The summed E-state index contributed by atoms with van der Waals surface area (Å²) in [4.78, 5) is 0.284. The number of methoxy groups -OCH3 is 1. The van der Waals surface area contributed by atoms with Gasteiger partial charge < -0.3 is 4.74 Å². The summed E-state index contributed by atoms with van der Waals surface area (Å²) in [6, 6.07) is 17.2. The van der Waals surface area contributed by atoms with Crippen molar-refractivity contribution in [3.63, 3.8) is 0 Å². The minimum absolute atomic E-state index is 0.248. The summed E-state index contributed by atoms with van der Waals surface area (Å²) < 4.78 is 33.3. The molecule has 3 aromatic carbocycles. The van der Waals surface area contributed by atoms with Crippen molar-refractivity contribution in [1.82, 2.24) is 4.72 Å². The predicted molar refractivity (Wildman–Crippen MR) is 100 cm³/mol. The molecule has 0 fully saturated rings. The molecule has 25 heavy (non-hydrogen) atoms. The van der Waals surface area contributed by atoms with Crippen LogP contribution >= 0.6 is 0 Å². The summed E-state index contributed by atoms with van der Waals surface area (Å²) in [5, 5.41) is 2.23. The Hall–Kier alpha value is -2.37. The SMILES string of the molecule is COc1ccc(S(=O)(=O)NCc2ccc3ccccc3c2)c(C)c1C. The van der Waals surface area contributed by atoms with Crippen LogP contribution in [0.3, 0.4) is 0 Å². The zero-order valence-electron chi connectivity index (χ0n) is 14.5. The number of benzene rings is 3. The number of sulfonamides is 1.